The van der Waals surface area contributed by atoms with Crippen LogP contribution in [0.3, 0.4) is 0 Å². The molecule has 125 heavy (non-hydrogen) atoms. The van der Waals surface area contributed by atoms with Crippen molar-refractivity contribution < 1.29 is 17.9 Å². The predicted octanol–water partition coefficient (Wildman–Crippen LogP) is 31.6. The first-order valence-corrected chi connectivity index (χ1v) is 44.7. The van der Waals surface area contributed by atoms with Gasteiger partial charge in [0.05, 0.1) is 24.2 Å². The van der Waals surface area contributed by atoms with Crippen LogP contribution in [0.25, 0.3) is 0 Å². The Hall–Kier alpha value is -9.21. The lowest BCUT2D eigenvalue weighted by molar-refractivity contribution is 0.383. The number of hydrogen-bond donors (Lipinski definition) is 0. The molecule has 9 heterocycles. The van der Waals surface area contributed by atoms with E-state index in [1.807, 2.05) is 165 Å². The molecule has 0 radical (unpaired) electrons. The molecule has 2 aromatic carbocycles. The number of benzene rings is 2. The van der Waals surface area contributed by atoms with E-state index in [2.05, 4.69) is 298 Å². The van der Waals surface area contributed by atoms with E-state index in [-0.39, 0.29) is 68.7 Å². The molecule has 0 atom stereocenters. The number of methoxy groups -OCH3 is 1. The molecule has 12 rings (SSSR count). The Labute approximate surface area is 765 Å². The molecule has 1 fully saturated rings. The molecule has 0 spiro atoms. The number of rotatable bonds is 6. The molecule has 1 aliphatic carbocycles. The third-order valence-corrected chi connectivity index (χ3v) is 20.0. The summed E-state index contributed by atoms with van der Waals surface area (Å²) in [6, 6.07) is 53.3. The average molecular weight is 1780 g/mol. The number of aryl methyl sites for hydroxylation is 9. The zero-order valence-electron chi connectivity index (χ0n) is 83.5. The van der Waals surface area contributed by atoms with Crippen molar-refractivity contribution in [3.8, 4) is 5.75 Å². The van der Waals surface area contributed by atoms with Crippen LogP contribution in [-0.2, 0) is 37.9 Å². The highest BCUT2D eigenvalue weighted by atomic mass is 79.9. The molecule has 15 heteroatoms. The quantitative estimate of drug-likeness (QED) is 0.157. The fraction of sp³-hybridized carbons (Fsp3) is 0.491. The van der Waals surface area contributed by atoms with Crippen molar-refractivity contribution in [2.24, 2.45) is 0 Å². The van der Waals surface area contributed by atoms with Gasteiger partial charge in [-0.05, 0) is 244 Å². The molecule has 0 aliphatic heterocycles. The van der Waals surface area contributed by atoms with Crippen LogP contribution >= 0.6 is 15.9 Å². The minimum atomic E-state index is -0.241. The van der Waals surface area contributed by atoms with Gasteiger partial charge in [0.1, 0.15) is 16.2 Å². The zero-order chi connectivity index (χ0) is 94.8. The Morgan fingerprint density at radius 2 is 0.744 bits per heavy atom. The molecular weight excluding hydrogens is 1610 g/mol. The number of ether oxygens (including phenoxy) is 1. The molecular formula is C110H160BrF3N10O. The van der Waals surface area contributed by atoms with Crippen LogP contribution in [0.15, 0.2) is 187 Å². The monoisotopic (exact) mass is 1770 g/mol. The lowest BCUT2D eigenvalue weighted by Crippen LogP contribution is -2.16. The maximum absolute atomic E-state index is 13.5. The van der Waals surface area contributed by atoms with Crippen LogP contribution in [0.5, 0.6) is 5.75 Å². The summed E-state index contributed by atoms with van der Waals surface area (Å²) in [6.45, 7) is 79.3. The van der Waals surface area contributed by atoms with Gasteiger partial charge in [-0.15, -0.1) is 0 Å². The van der Waals surface area contributed by atoms with Gasteiger partial charge >= 0.3 is 0 Å². The third kappa shape index (κ3) is 44.2. The standard InChI is InChI=1S/C12H17N.C11H15F.C10H14FN.C10H13FO.4C10H15N.2C9H13N.C8H11BrN2.CH4/c1-12(2,3)11-6-4-5-10(13-11)9-7-8-9;1-8-6-5-7-9(10(8)12)11(2,3)4;1-7-5-6-8(11)9(12-7)10(2,3)4;1-7(2)8-5-4-6-9(12-3)10(8)11;1-8-5-9(7-11-6-8)10(2,3)4;3*1-8-6-5-7-9(11-8)10(2,3)4;2*1-7(2)9-6-4-5-8(3)10-9;1-5(2)7-4-10-6(3)8(9)11-7;/h4-6,9H,7-8H2,1-3H3;5-7H,1-4H3;5-6H,1-4H3;4-7H,1-3H3;4*5-7H,1-4H3;2*4-7H,1-3H3;4-5H,1-3H3;1H4. The highest BCUT2D eigenvalue weighted by Gasteiger charge is 2.27. The number of halogens is 4. The Morgan fingerprint density at radius 3 is 1.05 bits per heavy atom. The molecule has 1 aliphatic rings. The van der Waals surface area contributed by atoms with Crippen LogP contribution < -0.4 is 4.74 Å². The Bertz CT molecular complexity index is 4700. The highest BCUT2D eigenvalue weighted by Crippen LogP contribution is 2.40. The number of nitrogens with zero attached hydrogens (tertiary/aromatic N) is 10. The first kappa shape index (κ1) is 114. The Morgan fingerprint density at radius 1 is 0.360 bits per heavy atom. The van der Waals surface area contributed by atoms with Gasteiger partial charge in [0.2, 0.25) is 0 Å². The van der Waals surface area contributed by atoms with Crippen LogP contribution in [-0.4, -0.2) is 56.9 Å². The van der Waals surface area contributed by atoms with E-state index in [0.717, 1.165) is 84.3 Å². The predicted molar refractivity (Wildman–Crippen MR) is 532 cm³/mol. The largest absolute Gasteiger partial charge is 0.494 e. The smallest absolute Gasteiger partial charge is 0.168 e. The first-order valence-electron chi connectivity index (χ1n) is 43.9. The second kappa shape index (κ2) is 52.2. The maximum Gasteiger partial charge on any atom is 0.168 e. The van der Waals surface area contributed by atoms with E-state index in [1.165, 1.54) is 59.9 Å². The molecule has 0 bridgehead atoms. The summed E-state index contributed by atoms with van der Waals surface area (Å²) in [6.07, 6.45) is 8.31. The summed E-state index contributed by atoms with van der Waals surface area (Å²) in [5, 5.41) is 0. The first-order chi connectivity index (χ1) is 57.1. The number of pyridine rings is 8. The van der Waals surface area contributed by atoms with Crippen LogP contribution in [0, 0.1) is 79.8 Å². The van der Waals surface area contributed by atoms with Crippen LogP contribution in [0.1, 0.15) is 370 Å². The zero-order valence-corrected chi connectivity index (χ0v) is 85.1. The molecule has 684 valence electrons. The SMILES string of the molecule is C.CC(C)(C)c1cccc(C2CC2)n1.COc1cccc(C(C)C)c1F.Cc1ccc(F)c(C(C)(C)C)n1.Cc1cccc(C(C)(C)C)c1F.Cc1cccc(C(C)(C)C)n1.Cc1cccc(C(C)(C)C)n1.Cc1cccc(C(C)(C)C)n1.Cc1cccc(C(C)C)n1.Cc1cccc(C(C)C)n1.Cc1cncc(C(C)(C)C)c1.Cc1ncc(C(C)C)nc1Br. The topological polar surface area (TPSA) is 138 Å². The molecule has 0 unspecified atom stereocenters. The van der Waals surface area contributed by atoms with Gasteiger partial charge in [0.15, 0.2) is 11.6 Å². The van der Waals surface area contributed by atoms with E-state index >= 15 is 0 Å². The Balaban J connectivity index is 0.000000687. The van der Waals surface area contributed by atoms with Crippen molar-refractivity contribution in [2.75, 3.05) is 7.11 Å². The van der Waals surface area contributed by atoms with Crippen molar-refractivity contribution in [1.29, 1.82) is 0 Å². The molecule has 0 amide bonds. The van der Waals surface area contributed by atoms with Gasteiger partial charge in [-0.1, -0.05) is 281 Å². The highest BCUT2D eigenvalue weighted by molar-refractivity contribution is 9.10. The molecule has 0 N–H and O–H groups in total. The molecule has 11 nitrogen and oxygen atoms in total. The van der Waals surface area contributed by atoms with Crippen molar-refractivity contribution in [3.05, 3.63) is 323 Å². The lowest BCUT2D eigenvalue weighted by Gasteiger charge is -2.20. The number of hydrogen-bond acceptors (Lipinski definition) is 11. The van der Waals surface area contributed by atoms with Crippen molar-refractivity contribution in [2.45, 2.75) is 351 Å². The van der Waals surface area contributed by atoms with Gasteiger partial charge in [0.25, 0.3) is 0 Å². The van der Waals surface area contributed by atoms with Gasteiger partial charge in [0, 0.05) is 126 Å². The van der Waals surface area contributed by atoms with Crippen LogP contribution in [0.2, 0.25) is 0 Å². The van der Waals surface area contributed by atoms with Crippen molar-refractivity contribution >= 4 is 15.9 Å². The number of aromatic nitrogens is 10. The summed E-state index contributed by atoms with van der Waals surface area (Å²) >= 11 is 3.34. The maximum atomic E-state index is 13.5. The van der Waals surface area contributed by atoms with E-state index in [0.29, 0.717) is 34.8 Å². The summed E-state index contributed by atoms with van der Waals surface area (Å²) < 4.78 is 45.8. The average Bonchev–Trinajstić information content (AvgIpc) is 1.78. The lowest BCUT2D eigenvalue weighted by atomic mass is 9.86. The Kier molecular flexibility index (Phi) is 47.5. The summed E-state index contributed by atoms with van der Waals surface area (Å²) in [4.78, 5) is 43.6. The minimum absolute atomic E-state index is 0. The molecule has 1 saturated carbocycles. The fourth-order valence-electron chi connectivity index (χ4n) is 11.2. The van der Waals surface area contributed by atoms with Gasteiger partial charge in [-0.2, -0.15) is 0 Å². The van der Waals surface area contributed by atoms with Gasteiger partial charge in [-0.3, -0.25) is 44.9 Å². The van der Waals surface area contributed by atoms with Crippen molar-refractivity contribution in [1.82, 2.24) is 49.8 Å². The molecule has 0 saturated heterocycles. The van der Waals surface area contributed by atoms with Gasteiger partial charge in [-0.25, -0.2) is 18.2 Å². The third-order valence-electron chi connectivity index (χ3n) is 19.3. The summed E-state index contributed by atoms with van der Waals surface area (Å²) in [7, 11) is 1.47. The van der Waals surface area contributed by atoms with Crippen molar-refractivity contribution in [3.63, 3.8) is 0 Å². The van der Waals surface area contributed by atoms with E-state index in [1.54, 1.807) is 37.3 Å². The van der Waals surface area contributed by atoms with E-state index < -0.39 is 0 Å². The second-order valence-corrected chi connectivity index (χ2v) is 41.2. The summed E-state index contributed by atoms with van der Waals surface area (Å²) in [5.41, 5.74) is 22.6. The normalized spacial score (nSPS) is 11.8. The minimum Gasteiger partial charge on any atom is -0.494 e. The fourth-order valence-corrected chi connectivity index (χ4v) is 11.5. The molecule has 9 aromatic heterocycles. The second-order valence-electron chi connectivity index (χ2n) is 40.5. The van der Waals surface area contributed by atoms with E-state index in [4.69, 9.17) is 9.72 Å². The van der Waals surface area contributed by atoms with E-state index in [9.17, 15) is 13.2 Å². The molecule has 11 aromatic rings. The van der Waals surface area contributed by atoms with Crippen LogP contribution in [0.4, 0.5) is 13.2 Å². The van der Waals surface area contributed by atoms with Gasteiger partial charge < -0.3 is 4.74 Å². The summed E-state index contributed by atoms with van der Waals surface area (Å²) in [5.74, 6) is 2.29.